The molecule has 17 heavy (non-hydrogen) atoms. The maximum absolute atomic E-state index is 11.4. The van der Waals surface area contributed by atoms with Gasteiger partial charge in [0.2, 0.25) is 5.91 Å². The molecule has 1 atom stereocenters. The third kappa shape index (κ3) is 6.91. The highest BCUT2D eigenvalue weighted by Gasteiger charge is 2.22. The Labute approximate surface area is 102 Å². The largest absolute Gasteiger partial charge is 0.468 e. The van der Waals surface area contributed by atoms with Crippen molar-refractivity contribution in [3.63, 3.8) is 0 Å². The molecule has 1 amide bonds. The van der Waals surface area contributed by atoms with E-state index in [1.807, 2.05) is 13.8 Å². The maximum Gasteiger partial charge on any atom is 0.323 e. The average molecular weight is 246 g/mol. The number of rotatable bonds is 8. The second-order valence-corrected chi connectivity index (χ2v) is 3.97. The first-order valence-electron chi connectivity index (χ1n) is 5.59. The van der Waals surface area contributed by atoms with Crippen molar-refractivity contribution in [3.8, 4) is 0 Å². The molecule has 0 saturated heterocycles. The van der Waals surface area contributed by atoms with E-state index in [1.54, 1.807) is 7.11 Å². The molecule has 0 aromatic carbocycles. The number of hydrogen-bond donors (Lipinski definition) is 2. The molecule has 0 aliphatic rings. The fraction of sp³-hybridized carbons (Fsp3) is 0.818. The van der Waals surface area contributed by atoms with Crippen molar-refractivity contribution < 1.29 is 19.1 Å². The van der Waals surface area contributed by atoms with Gasteiger partial charge in [0.25, 0.3) is 0 Å². The van der Waals surface area contributed by atoms with Crippen molar-refractivity contribution in [2.24, 2.45) is 5.92 Å². The van der Waals surface area contributed by atoms with Crippen LogP contribution in [0, 0.1) is 5.92 Å². The lowest BCUT2D eigenvalue weighted by Gasteiger charge is -2.19. The van der Waals surface area contributed by atoms with Crippen molar-refractivity contribution in [2.45, 2.75) is 19.9 Å². The zero-order chi connectivity index (χ0) is 13.3. The zero-order valence-electron chi connectivity index (χ0n) is 10.9. The second kappa shape index (κ2) is 8.95. The van der Waals surface area contributed by atoms with E-state index in [2.05, 4.69) is 15.4 Å². The lowest BCUT2D eigenvalue weighted by atomic mass is 10.0. The Balaban J connectivity index is 3.96. The zero-order valence-corrected chi connectivity index (χ0v) is 10.9. The Morgan fingerprint density at radius 3 is 2.35 bits per heavy atom. The molecule has 0 bridgehead atoms. The maximum atomic E-state index is 11.4. The number of hydrogen-bond acceptors (Lipinski definition) is 5. The van der Waals surface area contributed by atoms with Crippen LogP contribution in [0.2, 0.25) is 0 Å². The molecule has 0 rings (SSSR count). The highest BCUT2D eigenvalue weighted by molar-refractivity contribution is 5.80. The van der Waals surface area contributed by atoms with Crippen molar-refractivity contribution in [1.82, 2.24) is 10.6 Å². The number of ether oxygens (including phenoxy) is 2. The summed E-state index contributed by atoms with van der Waals surface area (Å²) in [6.07, 6.45) is 0. The van der Waals surface area contributed by atoms with Gasteiger partial charge in [-0.05, 0) is 5.92 Å². The molecule has 2 N–H and O–H groups in total. The Morgan fingerprint density at radius 2 is 1.88 bits per heavy atom. The SMILES string of the molecule is COCCNC(=O)CNC(C(=O)OC)C(C)C. The fourth-order valence-corrected chi connectivity index (χ4v) is 1.28. The third-order valence-corrected chi connectivity index (χ3v) is 2.23. The van der Waals surface area contributed by atoms with E-state index in [0.29, 0.717) is 13.2 Å². The van der Waals surface area contributed by atoms with Crippen LogP contribution in [-0.2, 0) is 19.1 Å². The minimum Gasteiger partial charge on any atom is -0.468 e. The van der Waals surface area contributed by atoms with Crippen LogP contribution < -0.4 is 10.6 Å². The van der Waals surface area contributed by atoms with Crippen molar-refractivity contribution >= 4 is 11.9 Å². The molecule has 0 aliphatic carbocycles. The van der Waals surface area contributed by atoms with Crippen molar-refractivity contribution in [2.75, 3.05) is 33.9 Å². The monoisotopic (exact) mass is 246 g/mol. The first kappa shape index (κ1) is 15.9. The van der Waals surface area contributed by atoms with Gasteiger partial charge in [0.1, 0.15) is 6.04 Å². The Bertz CT molecular complexity index is 244. The fourth-order valence-electron chi connectivity index (χ4n) is 1.28. The quantitative estimate of drug-likeness (QED) is 0.447. The first-order valence-corrected chi connectivity index (χ1v) is 5.59. The van der Waals surface area contributed by atoms with Gasteiger partial charge in [0.15, 0.2) is 0 Å². The van der Waals surface area contributed by atoms with Gasteiger partial charge < -0.3 is 14.8 Å². The summed E-state index contributed by atoms with van der Waals surface area (Å²) in [6.45, 7) is 4.79. The summed E-state index contributed by atoms with van der Waals surface area (Å²) in [7, 11) is 2.90. The van der Waals surface area contributed by atoms with E-state index in [-0.39, 0.29) is 24.3 Å². The van der Waals surface area contributed by atoms with E-state index in [0.717, 1.165) is 0 Å². The van der Waals surface area contributed by atoms with Crippen LogP contribution in [0.1, 0.15) is 13.8 Å². The van der Waals surface area contributed by atoms with Crippen LogP contribution in [0.3, 0.4) is 0 Å². The molecule has 6 nitrogen and oxygen atoms in total. The smallest absolute Gasteiger partial charge is 0.323 e. The number of carbonyl (C=O) groups is 2. The number of carbonyl (C=O) groups excluding carboxylic acids is 2. The Kier molecular flexibility index (Phi) is 8.35. The summed E-state index contributed by atoms with van der Waals surface area (Å²) in [5.41, 5.74) is 0. The molecule has 0 aromatic heterocycles. The van der Waals surface area contributed by atoms with E-state index < -0.39 is 6.04 Å². The van der Waals surface area contributed by atoms with Gasteiger partial charge in [0, 0.05) is 13.7 Å². The van der Waals surface area contributed by atoms with E-state index in [1.165, 1.54) is 7.11 Å². The van der Waals surface area contributed by atoms with Gasteiger partial charge in [-0.15, -0.1) is 0 Å². The number of methoxy groups -OCH3 is 2. The van der Waals surface area contributed by atoms with Crippen molar-refractivity contribution in [1.29, 1.82) is 0 Å². The standard InChI is InChI=1S/C11H22N2O4/c1-8(2)10(11(15)17-4)13-7-9(14)12-5-6-16-3/h8,10,13H,5-7H2,1-4H3,(H,12,14). The predicted octanol–water partition coefficient (Wildman–Crippen LogP) is -0.464. The molecule has 0 fully saturated rings. The topological polar surface area (TPSA) is 76.7 Å². The molecular weight excluding hydrogens is 224 g/mol. The normalized spacial score (nSPS) is 12.3. The van der Waals surface area contributed by atoms with Gasteiger partial charge in [-0.25, -0.2) is 0 Å². The summed E-state index contributed by atoms with van der Waals surface area (Å²) in [5.74, 6) is -0.462. The summed E-state index contributed by atoms with van der Waals surface area (Å²) < 4.78 is 9.45. The Morgan fingerprint density at radius 1 is 1.24 bits per heavy atom. The summed E-state index contributed by atoms with van der Waals surface area (Å²) in [4.78, 5) is 22.8. The van der Waals surface area contributed by atoms with E-state index >= 15 is 0 Å². The first-order chi connectivity index (χ1) is 8.02. The molecule has 6 heteroatoms. The average Bonchev–Trinajstić information content (AvgIpc) is 2.28. The molecule has 0 spiro atoms. The minimum absolute atomic E-state index is 0.0641. The van der Waals surface area contributed by atoms with Gasteiger partial charge in [0.05, 0.1) is 20.3 Å². The van der Waals surface area contributed by atoms with Crippen LogP contribution in [0.15, 0.2) is 0 Å². The molecule has 0 aromatic rings. The van der Waals surface area contributed by atoms with Gasteiger partial charge in [-0.1, -0.05) is 13.8 Å². The van der Waals surface area contributed by atoms with E-state index in [9.17, 15) is 9.59 Å². The van der Waals surface area contributed by atoms with Crippen LogP contribution >= 0.6 is 0 Å². The highest BCUT2D eigenvalue weighted by Crippen LogP contribution is 2.02. The number of esters is 1. The predicted molar refractivity (Wildman–Crippen MR) is 63.5 cm³/mol. The molecule has 0 heterocycles. The molecule has 0 radical (unpaired) electrons. The molecule has 100 valence electrons. The summed E-state index contributed by atoms with van der Waals surface area (Å²) >= 11 is 0. The summed E-state index contributed by atoms with van der Waals surface area (Å²) in [5, 5.41) is 5.53. The molecule has 0 saturated carbocycles. The summed E-state index contributed by atoms with van der Waals surface area (Å²) in [6, 6.07) is -0.465. The lowest BCUT2D eigenvalue weighted by Crippen LogP contribution is -2.46. The molecule has 0 aliphatic heterocycles. The number of nitrogens with one attached hydrogen (secondary N) is 2. The van der Waals surface area contributed by atoms with Crippen LogP contribution in [0.5, 0.6) is 0 Å². The van der Waals surface area contributed by atoms with Crippen LogP contribution in [0.25, 0.3) is 0 Å². The van der Waals surface area contributed by atoms with Crippen molar-refractivity contribution in [3.05, 3.63) is 0 Å². The van der Waals surface area contributed by atoms with Gasteiger partial charge in [-0.3, -0.25) is 14.9 Å². The van der Waals surface area contributed by atoms with Gasteiger partial charge in [-0.2, -0.15) is 0 Å². The van der Waals surface area contributed by atoms with Gasteiger partial charge >= 0.3 is 5.97 Å². The van der Waals surface area contributed by atoms with Crippen LogP contribution in [-0.4, -0.2) is 51.8 Å². The highest BCUT2D eigenvalue weighted by atomic mass is 16.5. The number of amides is 1. The molecular formula is C11H22N2O4. The van der Waals surface area contributed by atoms with Crippen LogP contribution in [0.4, 0.5) is 0 Å². The van der Waals surface area contributed by atoms with E-state index in [4.69, 9.17) is 4.74 Å². The second-order valence-electron chi connectivity index (χ2n) is 3.97. The molecule has 1 unspecified atom stereocenters. The third-order valence-electron chi connectivity index (χ3n) is 2.23. The lowest BCUT2D eigenvalue weighted by molar-refractivity contribution is -0.144. The minimum atomic E-state index is -0.465. The Hall–Kier alpha value is -1.14.